The fourth-order valence-electron chi connectivity index (χ4n) is 2.55. The summed E-state index contributed by atoms with van der Waals surface area (Å²) >= 11 is 13.7. The molecule has 0 bridgehead atoms. The lowest BCUT2D eigenvalue weighted by molar-refractivity contribution is -0.149. The molecular formula is C19H23Cl2NO3S. The molecule has 0 saturated heterocycles. The molecule has 1 aromatic carbocycles. The molecule has 7 heteroatoms. The summed E-state index contributed by atoms with van der Waals surface area (Å²) in [6.07, 6.45) is 0. The van der Waals surface area contributed by atoms with Crippen molar-refractivity contribution >= 4 is 52.6 Å². The van der Waals surface area contributed by atoms with E-state index >= 15 is 0 Å². The van der Waals surface area contributed by atoms with Crippen LogP contribution in [0.4, 0.5) is 0 Å². The molecule has 1 amide bonds. The number of ether oxygens (including phenoxy) is 1. The normalized spacial score (nSPS) is 17.1. The molecule has 1 aromatic rings. The second-order valence-corrected chi connectivity index (χ2v) is 9.59. The van der Waals surface area contributed by atoms with Crippen LogP contribution in [0.5, 0.6) is 0 Å². The van der Waals surface area contributed by atoms with Gasteiger partial charge < -0.3 is 4.74 Å². The van der Waals surface area contributed by atoms with Crippen molar-refractivity contribution in [3.8, 4) is 0 Å². The van der Waals surface area contributed by atoms with Crippen LogP contribution in [0.3, 0.4) is 0 Å². The Labute approximate surface area is 169 Å². The van der Waals surface area contributed by atoms with Crippen molar-refractivity contribution in [2.75, 3.05) is 5.75 Å². The minimum atomic E-state index is -0.795. The molecule has 2 rings (SSSR count). The van der Waals surface area contributed by atoms with E-state index in [0.29, 0.717) is 32.7 Å². The summed E-state index contributed by atoms with van der Waals surface area (Å²) in [5, 5.41) is 0.807. The number of amides is 1. The number of nitrogens with zero attached hydrogens (tertiary/aromatic N) is 1. The van der Waals surface area contributed by atoms with E-state index in [1.807, 2.05) is 20.8 Å². The van der Waals surface area contributed by atoms with E-state index < -0.39 is 16.9 Å². The number of carbonyl (C=O) groups excluding carboxylic acids is 2. The van der Waals surface area contributed by atoms with Gasteiger partial charge in [0.15, 0.2) is 0 Å². The first-order valence-electron chi connectivity index (χ1n) is 8.31. The first kappa shape index (κ1) is 21.1. The van der Waals surface area contributed by atoms with E-state index in [9.17, 15) is 9.59 Å². The molecule has 1 aliphatic heterocycles. The largest absolute Gasteiger partial charge is 0.427 e. The van der Waals surface area contributed by atoms with Gasteiger partial charge in [0.05, 0.1) is 16.0 Å². The van der Waals surface area contributed by atoms with Gasteiger partial charge in [-0.2, -0.15) is 0 Å². The van der Waals surface area contributed by atoms with E-state index in [-0.39, 0.29) is 5.91 Å². The Kier molecular flexibility index (Phi) is 6.06. The van der Waals surface area contributed by atoms with Crippen molar-refractivity contribution in [3.63, 3.8) is 0 Å². The number of halogens is 2. The maximum atomic E-state index is 13.2. The second kappa shape index (κ2) is 7.45. The molecule has 0 aliphatic carbocycles. The molecule has 1 aliphatic rings. The average molecular weight is 416 g/mol. The van der Waals surface area contributed by atoms with Gasteiger partial charge in [-0.3, -0.25) is 13.9 Å². The molecular weight excluding hydrogens is 393 g/mol. The van der Waals surface area contributed by atoms with E-state index in [0.717, 1.165) is 0 Å². The third kappa shape index (κ3) is 3.90. The van der Waals surface area contributed by atoms with Crippen molar-refractivity contribution in [3.05, 3.63) is 39.6 Å². The predicted octanol–water partition coefficient (Wildman–Crippen LogP) is 5.58. The summed E-state index contributed by atoms with van der Waals surface area (Å²) in [4.78, 5) is 25.7. The molecule has 4 nitrogen and oxygen atoms in total. The topological polar surface area (TPSA) is 46.6 Å². The molecule has 0 radical (unpaired) electrons. The summed E-state index contributed by atoms with van der Waals surface area (Å²) in [6, 6.07) is 4.92. The van der Waals surface area contributed by atoms with Gasteiger partial charge in [0.1, 0.15) is 11.3 Å². The minimum absolute atomic E-state index is 0.234. The summed E-state index contributed by atoms with van der Waals surface area (Å²) in [7, 11) is 0. The lowest BCUT2D eigenvalue weighted by atomic mass is 9.96. The van der Waals surface area contributed by atoms with Gasteiger partial charge in [0.2, 0.25) is 0 Å². The number of carbonyl (C=O) groups is 2. The molecule has 0 N–H and O–H groups in total. The molecule has 0 aromatic heterocycles. The number of hydrogen-bond donors (Lipinski definition) is 0. The highest BCUT2D eigenvalue weighted by Crippen LogP contribution is 2.46. The minimum Gasteiger partial charge on any atom is -0.427 e. The molecule has 26 heavy (non-hydrogen) atoms. The van der Waals surface area contributed by atoms with E-state index in [2.05, 4.69) is 0 Å². The quantitative estimate of drug-likeness (QED) is 0.475. The van der Waals surface area contributed by atoms with Crippen LogP contribution in [0.1, 0.15) is 47.1 Å². The number of esters is 1. The van der Waals surface area contributed by atoms with Crippen molar-refractivity contribution in [1.82, 2.24) is 4.31 Å². The highest BCUT2D eigenvalue weighted by Gasteiger charge is 2.49. The maximum Gasteiger partial charge on any atom is 0.316 e. The summed E-state index contributed by atoms with van der Waals surface area (Å²) in [5.41, 5.74) is -0.691. The average Bonchev–Trinajstić information content (AvgIpc) is 2.68. The van der Waals surface area contributed by atoms with Crippen molar-refractivity contribution in [2.45, 2.75) is 47.1 Å². The third-order valence-corrected chi connectivity index (χ3v) is 5.64. The van der Waals surface area contributed by atoms with Crippen LogP contribution in [0.2, 0.25) is 10.0 Å². The predicted molar refractivity (Wildman–Crippen MR) is 108 cm³/mol. The van der Waals surface area contributed by atoms with Crippen molar-refractivity contribution in [1.29, 1.82) is 0 Å². The first-order valence-corrected chi connectivity index (χ1v) is 10.0. The third-order valence-electron chi connectivity index (χ3n) is 3.95. The highest BCUT2D eigenvalue weighted by atomic mass is 35.5. The Bertz CT molecular complexity index is 781. The van der Waals surface area contributed by atoms with Gasteiger partial charge in [-0.25, -0.2) is 0 Å². The van der Waals surface area contributed by atoms with Gasteiger partial charge in [-0.15, -0.1) is 0 Å². The molecule has 0 unspecified atom stereocenters. The Balaban J connectivity index is 2.66. The summed E-state index contributed by atoms with van der Waals surface area (Å²) < 4.78 is 7.40. The van der Waals surface area contributed by atoms with E-state index in [1.165, 1.54) is 11.9 Å². The molecule has 0 saturated carbocycles. The van der Waals surface area contributed by atoms with Gasteiger partial charge >= 0.3 is 5.97 Å². The molecule has 0 atom stereocenters. The van der Waals surface area contributed by atoms with E-state index in [1.54, 1.807) is 43.3 Å². The number of hydrogen-bond acceptors (Lipinski definition) is 4. The molecule has 0 fully saturated rings. The lowest BCUT2D eigenvalue weighted by Crippen LogP contribution is -2.40. The fraction of sp³-hybridized carbons (Fsp3) is 0.474. The SMILES string of the molecule is CCSN1C(=O)C(c2ccc(Cl)cc2Cl)=C(OC(=O)C(C)(C)C)C1(C)C. The summed E-state index contributed by atoms with van der Waals surface area (Å²) in [5.74, 6) is 0.381. The van der Waals surface area contributed by atoms with Gasteiger partial charge in [-0.05, 0) is 58.7 Å². The molecule has 142 valence electrons. The van der Waals surface area contributed by atoms with Gasteiger partial charge in [0, 0.05) is 16.3 Å². The zero-order valence-corrected chi connectivity index (χ0v) is 18.1. The highest BCUT2D eigenvalue weighted by molar-refractivity contribution is 7.97. The second-order valence-electron chi connectivity index (χ2n) is 7.54. The Morgan fingerprint density at radius 3 is 2.38 bits per heavy atom. The van der Waals surface area contributed by atoms with Gasteiger partial charge in [-0.1, -0.05) is 36.2 Å². The van der Waals surface area contributed by atoms with Crippen molar-refractivity contribution in [2.24, 2.45) is 5.41 Å². The molecule has 1 heterocycles. The first-order chi connectivity index (χ1) is 11.9. The van der Waals surface area contributed by atoms with Crippen LogP contribution < -0.4 is 0 Å². The zero-order chi connectivity index (χ0) is 19.9. The Hall–Kier alpha value is -1.17. The lowest BCUT2D eigenvalue weighted by Gasteiger charge is -2.32. The van der Waals surface area contributed by atoms with Crippen LogP contribution in [0.15, 0.2) is 24.0 Å². The summed E-state index contributed by atoms with van der Waals surface area (Å²) in [6.45, 7) is 11.0. The Morgan fingerprint density at radius 2 is 1.88 bits per heavy atom. The van der Waals surface area contributed by atoms with Crippen LogP contribution >= 0.6 is 35.1 Å². The Morgan fingerprint density at radius 1 is 1.27 bits per heavy atom. The van der Waals surface area contributed by atoms with Crippen LogP contribution in [-0.2, 0) is 14.3 Å². The maximum absolute atomic E-state index is 13.2. The standard InChI is InChI=1S/C19H23Cl2NO3S/c1-7-26-22-16(23)14(12-9-8-11(20)10-13(12)21)15(19(22,5)6)25-17(24)18(2,3)4/h8-10H,7H2,1-6H3. The van der Waals surface area contributed by atoms with Crippen LogP contribution in [0.25, 0.3) is 5.57 Å². The van der Waals surface area contributed by atoms with Gasteiger partial charge in [0.25, 0.3) is 5.91 Å². The zero-order valence-electron chi connectivity index (χ0n) is 15.8. The number of benzene rings is 1. The molecule has 0 spiro atoms. The number of rotatable bonds is 4. The van der Waals surface area contributed by atoms with Crippen molar-refractivity contribution < 1.29 is 14.3 Å². The smallest absolute Gasteiger partial charge is 0.316 e. The van der Waals surface area contributed by atoms with E-state index in [4.69, 9.17) is 27.9 Å². The fourth-order valence-corrected chi connectivity index (χ4v) is 3.93. The monoisotopic (exact) mass is 415 g/mol. The van der Waals surface area contributed by atoms with Crippen LogP contribution in [-0.4, -0.2) is 27.5 Å². The van der Waals surface area contributed by atoms with Crippen LogP contribution in [0, 0.1) is 5.41 Å².